The maximum Gasteiger partial charge on any atom is 0.0635 e. The average Bonchev–Trinajstić information content (AvgIpc) is 2.85. The van der Waals surface area contributed by atoms with Gasteiger partial charge in [-0.05, 0) is 37.1 Å². The fourth-order valence-electron chi connectivity index (χ4n) is 2.44. The van der Waals surface area contributed by atoms with Crippen LogP contribution in [-0.4, -0.2) is 30.8 Å². The molecule has 0 aromatic heterocycles. The second kappa shape index (κ2) is 6.03. The molecule has 0 aliphatic carbocycles. The summed E-state index contributed by atoms with van der Waals surface area (Å²) in [4.78, 5) is 2.32. The largest absolute Gasteiger partial charge is 0.394 e. The molecule has 0 radical (unpaired) electrons. The van der Waals surface area contributed by atoms with Gasteiger partial charge in [0.2, 0.25) is 0 Å². The Morgan fingerprint density at radius 1 is 1.35 bits per heavy atom. The molecule has 1 aliphatic rings. The third-order valence-electron chi connectivity index (χ3n) is 3.43. The minimum atomic E-state index is 0.263. The van der Waals surface area contributed by atoms with E-state index < -0.39 is 0 Å². The van der Waals surface area contributed by atoms with Gasteiger partial charge in [-0.3, -0.25) is 0 Å². The number of aliphatic hydroxyl groups excluding tert-OH is 1. The van der Waals surface area contributed by atoms with Crippen molar-refractivity contribution in [2.45, 2.75) is 32.4 Å². The van der Waals surface area contributed by atoms with Crippen LogP contribution in [0.4, 0.5) is 5.69 Å². The predicted octanol–water partition coefficient (Wildman–Crippen LogP) is 1.76. The summed E-state index contributed by atoms with van der Waals surface area (Å²) >= 11 is 0. The number of nitrogens with zero attached hydrogens (tertiary/aromatic N) is 1. The Morgan fingerprint density at radius 2 is 2.12 bits per heavy atom. The molecule has 0 bridgehead atoms. The number of anilines is 1. The Kier molecular flexibility index (Phi) is 4.40. The van der Waals surface area contributed by atoms with Gasteiger partial charge in [-0.1, -0.05) is 19.1 Å². The third kappa shape index (κ3) is 2.99. The van der Waals surface area contributed by atoms with Crippen LogP contribution in [0.15, 0.2) is 24.3 Å². The molecular weight excluding hydrogens is 212 g/mol. The molecule has 1 aliphatic heterocycles. The molecule has 3 heteroatoms. The highest BCUT2D eigenvalue weighted by Gasteiger charge is 2.23. The van der Waals surface area contributed by atoms with Crippen LogP contribution >= 0.6 is 0 Å². The Morgan fingerprint density at radius 3 is 2.76 bits per heavy atom. The molecule has 1 saturated heterocycles. The van der Waals surface area contributed by atoms with Crippen LogP contribution in [0.25, 0.3) is 0 Å². The Hall–Kier alpha value is -1.06. The van der Waals surface area contributed by atoms with Crippen LogP contribution in [0.3, 0.4) is 0 Å². The van der Waals surface area contributed by atoms with Crippen molar-refractivity contribution in [3.8, 4) is 0 Å². The van der Waals surface area contributed by atoms with Gasteiger partial charge in [0.15, 0.2) is 0 Å². The molecule has 17 heavy (non-hydrogen) atoms. The van der Waals surface area contributed by atoms with E-state index in [1.807, 2.05) is 0 Å². The summed E-state index contributed by atoms with van der Waals surface area (Å²) in [5, 5.41) is 12.6. The van der Waals surface area contributed by atoms with E-state index in [9.17, 15) is 5.11 Å². The molecule has 94 valence electrons. The maximum atomic E-state index is 9.32. The zero-order valence-corrected chi connectivity index (χ0v) is 10.5. The van der Waals surface area contributed by atoms with Gasteiger partial charge in [-0.15, -0.1) is 0 Å². The average molecular weight is 234 g/mol. The first kappa shape index (κ1) is 12.4. The zero-order valence-electron chi connectivity index (χ0n) is 10.5. The lowest BCUT2D eigenvalue weighted by molar-refractivity contribution is 0.266. The Balaban J connectivity index is 2.01. The van der Waals surface area contributed by atoms with E-state index in [-0.39, 0.29) is 6.61 Å². The number of benzene rings is 1. The number of aliphatic hydroxyl groups is 1. The van der Waals surface area contributed by atoms with Gasteiger partial charge in [-0.2, -0.15) is 0 Å². The first-order valence-electron chi connectivity index (χ1n) is 6.52. The summed E-state index contributed by atoms with van der Waals surface area (Å²) in [6, 6.07) is 8.99. The van der Waals surface area contributed by atoms with Crippen molar-refractivity contribution in [3.05, 3.63) is 29.8 Å². The van der Waals surface area contributed by atoms with Crippen molar-refractivity contribution in [1.29, 1.82) is 0 Å². The van der Waals surface area contributed by atoms with Crippen molar-refractivity contribution in [1.82, 2.24) is 5.32 Å². The van der Waals surface area contributed by atoms with Gasteiger partial charge in [0, 0.05) is 18.8 Å². The number of rotatable bonds is 5. The highest BCUT2D eigenvalue weighted by molar-refractivity contribution is 5.49. The lowest BCUT2D eigenvalue weighted by atomic mass is 10.1. The van der Waals surface area contributed by atoms with Gasteiger partial charge >= 0.3 is 0 Å². The molecule has 1 unspecified atom stereocenters. The van der Waals surface area contributed by atoms with Crippen molar-refractivity contribution < 1.29 is 5.11 Å². The van der Waals surface area contributed by atoms with E-state index in [1.165, 1.54) is 17.7 Å². The first-order chi connectivity index (χ1) is 8.35. The lowest BCUT2D eigenvalue weighted by Gasteiger charge is -2.25. The Labute approximate surface area is 103 Å². The molecule has 1 heterocycles. The van der Waals surface area contributed by atoms with Crippen LogP contribution in [0.2, 0.25) is 0 Å². The maximum absolute atomic E-state index is 9.32. The van der Waals surface area contributed by atoms with Crippen LogP contribution in [0.5, 0.6) is 0 Å². The first-order valence-corrected chi connectivity index (χ1v) is 6.52. The van der Waals surface area contributed by atoms with Crippen molar-refractivity contribution >= 4 is 5.69 Å². The molecular formula is C14H22N2O. The minimum absolute atomic E-state index is 0.263. The third-order valence-corrected chi connectivity index (χ3v) is 3.43. The minimum Gasteiger partial charge on any atom is -0.394 e. The molecule has 2 rings (SSSR count). The molecule has 1 atom stereocenters. The SMILES string of the molecule is CCNCc1ccc(N2CCCC2CO)cc1. The second-order valence-corrected chi connectivity index (χ2v) is 4.62. The molecule has 0 amide bonds. The molecule has 1 aromatic rings. The topological polar surface area (TPSA) is 35.5 Å². The van der Waals surface area contributed by atoms with Crippen LogP contribution in [0.1, 0.15) is 25.3 Å². The van der Waals surface area contributed by atoms with E-state index in [0.29, 0.717) is 6.04 Å². The predicted molar refractivity (Wildman–Crippen MR) is 71.3 cm³/mol. The summed E-state index contributed by atoms with van der Waals surface area (Å²) in [5.41, 5.74) is 2.55. The molecule has 2 N–H and O–H groups in total. The standard InChI is InChI=1S/C14H22N2O/c1-2-15-10-12-5-7-13(8-6-12)16-9-3-4-14(16)11-17/h5-8,14-15,17H,2-4,9-11H2,1H3. The van der Waals surface area contributed by atoms with Gasteiger partial charge in [0.1, 0.15) is 0 Å². The molecule has 1 fully saturated rings. The van der Waals surface area contributed by atoms with E-state index in [0.717, 1.165) is 26.1 Å². The van der Waals surface area contributed by atoms with E-state index in [4.69, 9.17) is 0 Å². The molecule has 3 nitrogen and oxygen atoms in total. The summed E-state index contributed by atoms with van der Waals surface area (Å²) in [6.45, 7) is 5.38. The second-order valence-electron chi connectivity index (χ2n) is 4.62. The van der Waals surface area contributed by atoms with Crippen LogP contribution < -0.4 is 10.2 Å². The highest BCUT2D eigenvalue weighted by Crippen LogP contribution is 2.25. The number of hydrogen-bond donors (Lipinski definition) is 2. The van der Waals surface area contributed by atoms with Crippen molar-refractivity contribution in [2.24, 2.45) is 0 Å². The van der Waals surface area contributed by atoms with Gasteiger partial charge in [0.05, 0.1) is 12.6 Å². The van der Waals surface area contributed by atoms with E-state index in [1.54, 1.807) is 0 Å². The lowest BCUT2D eigenvalue weighted by Crippen LogP contribution is -2.31. The summed E-state index contributed by atoms with van der Waals surface area (Å²) in [6.07, 6.45) is 2.29. The van der Waals surface area contributed by atoms with Crippen molar-refractivity contribution in [3.63, 3.8) is 0 Å². The van der Waals surface area contributed by atoms with Gasteiger partial charge < -0.3 is 15.3 Å². The number of hydrogen-bond acceptors (Lipinski definition) is 3. The van der Waals surface area contributed by atoms with Crippen LogP contribution in [0, 0.1) is 0 Å². The van der Waals surface area contributed by atoms with Gasteiger partial charge in [0.25, 0.3) is 0 Å². The molecule has 0 spiro atoms. The van der Waals surface area contributed by atoms with Gasteiger partial charge in [-0.25, -0.2) is 0 Å². The van der Waals surface area contributed by atoms with Crippen molar-refractivity contribution in [2.75, 3.05) is 24.6 Å². The van der Waals surface area contributed by atoms with E-state index in [2.05, 4.69) is 41.4 Å². The molecule has 0 saturated carbocycles. The fourth-order valence-corrected chi connectivity index (χ4v) is 2.44. The monoisotopic (exact) mass is 234 g/mol. The molecule has 1 aromatic carbocycles. The fraction of sp³-hybridized carbons (Fsp3) is 0.571. The summed E-state index contributed by atoms with van der Waals surface area (Å²) in [5.74, 6) is 0. The summed E-state index contributed by atoms with van der Waals surface area (Å²) in [7, 11) is 0. The number of nitrogens with one attached hydrogen (secondary N) is 1. The van der Waals surface area contributed by atoms with Crippen LogP contribution in [-0.2, 0) is 6.54 Å². The normalized spacial score (nSPS) is 19.9. The van der Waals surface area contributed by atoms with E-state index >= 15 is 0 Å². The summed E-state index contributed by atoms with van der Waals surface area (Å²) < 4.78 is 0. The quantitative estimate of drug-likeness (QED) is 0.815. The Bertz CT molecular complexity index is 337. The zero-order chi connectivity index (χ0) is 12.1. The highest BCUT2D eigenvalue weighted by atomic mass is 16.3. The smallest absolute Gasteiger partial charge is 0.0635 e.